The second kappa shape index (κ2) is 7.76. The number of benzene rings is 1. The molecule has 148 valence electrons. The highest BCUT2D eigenvalue weighted by Crippen LogP contribution is 2.41. The minimum atomic E-state index is -0.222. The fourth-order valence-corrected chi connectivity index (χ4v) is 4.44. The molecule has 4 rings (SSSR count). The van der Waals surface area contributed by atoms with Gasteiger partial charge in [0.1, 0.15) is 23.3 Å². The van der Waals surface area contributed by atoms with Crippen LogP contribution in [0.15, 0.2) is 53.5 Å². The third-order valence-corrected chi connectivity index (χ3v) is 6.15. The van der Waals surface area contributed by atoms with Gasteiger partial charge in [0, 0.05) is 26.6 Å². The standard InChI is InChI=1S/C21H22N6OS/c1-4-11-27-19(14-9-10-14)23-24-21(27)29-13-18(28)15(12-22)20-25(2)16-7-5-6-8-17(16)26(20)3/h4-8,14H,1,9-11,13H2,2-3H3. The third kappa shape index (κ3) is 3.42. The van der Waals surface area contributed by atoms with E-state index in [1.54, 1.807) is 0 Å². The van der Waals surface area contributed by atoms with Gasteiger partial charge in [0.05, 0.1) is 17.1 Å². The van der Waals surface area contributed by atoms with Crippen LogP contribution >= 0.6 is 11.8 Å². The molecule has 0 amide bonds. The Morgan fingerprint density at radius 1 is 1.28 bits per heavy atom. The van der Waals surface area contributed by atoms with Crippen LogP contribution in [0.2, 0.25) is 0 Å². The highest BCUT2D eigenvalue weighted by atomic mass is 32.2. The zero-order valence-electron chi connectivity index (χ0n) is 16.5. The van der Waals surface area contributed by atoms with E-state index in [4.69, 9.17) is 0 Å². The van der Waals surface area contributed by atoms with Crippen LogP contribution in [0, 0.1) is 11.3 Å². The normalized spacial score (nSPS) is 15.3. The van der Waals surface area contributed by atoms with Crippen molar-refractivity contribution in [2.75, 3.05) is 29.6 Å². The summed E-state index contributed by atoms with van der Waals surface area (Å²) < 4.78 is 2.02. The molecule has 0 atom stereocenters. The molecule has 1 aliphatic carbocycles. The molecule has 2 aliphatic rings. The molecular formula is C21H22N6OS. The lowest BCUT2D eigenvalue weighted by Crippen LogP contribution is -2.26. The molecule has 1 fully saturated rings. The van der Waals surface area contributed by atoms with Gasteiger partial charge >= 0.3 is 0 Å². The summed E-state index contributed by atoms with van der Waals surface area (Å²) in [5.74, 6) is 1.93. The number of nitrogens with zero attached hydrogens (tertiary/aromatic N) is 6. The van der Waals surface area contributed by atoms with E-state index in [1.807, 2.05) is 58.8 Å². The predicted molar refractivity (Wildman–Crippen MR) is 114 cm³/mol. The van der Waals surface area contributed by atoms with Crippen LogP contribution in [-0.4, -0.2) is 40.4 Å². The lowest BCUT2D eigenvalue weighted by molar-refractivity contribution is -0.112. The van der Waals surface area contributed by atoms with Crippen LogP contribution in [-0.2, 0) is 11.3 Å². The van der Waals surface area contributed by atoms with Crippen LogP contribution in [0.1, 0.15) is 24.6 Å². The minimum Gasteiger partial charge on any atom is -0.328 e. The van der Waals surface area contributed by atoms with E-state index in [2.05, 4.69) is 22.8 Å². The lowest BCUT2D eigenvalue weighted by Gasteiger charge is -2.19. The average molecular weight is 407 g/mol. The molecule has 7 nitrogen and oxygen atoms in total. The molecule has 29 heavy (non-hydrogen) atoms. The molecule has 1 aliphatic heterocycles. The molecule has 2 aromatic rings. The first-order valence-electron chi connectivity index (χ1n) is 9.47. The first-order chi connectivity index (χ1) is 14.1. The number of hydrogen-bond acceptors (Lipinski definition) is 7. The zero-order valence-corrected chi connectivity index (χ0v) is 17.3. The summed E-state index contributed by atoms with van der Waals surface area (Å²) in [6, 6.07) is 9.96. The summed E-state index contributed by atoms with van der Waals surface area (Å²) in [7, 11) is 3.75. The summed E-state index contributed by atoms with van der Waals surface area (Å²) in [4.78, 5) is 16.7. The van der Waals surface area contributed by atoms with Crippen LogP contribution in [0.4, 0.5) is 11.4 Å². The van der Waals surface area contributed by atoms with Gasteiger partial charge in [-0.15, -0.1) is 16.8 Å². The second-order valence-corrected chi connectivity index (χ2v) is 8.09. The molecule has 1 saturated carbocycles. The SMILES string of the molecule is C=CCn1c(SCC(=O)C(C#N)=C2N(C)c3ccccc3N2C)nnc1C1CC1. The van der Waals surface area contributed by atoms with Crippen LogP contribution in [0.3, 0.4) is 0 Å². The molecule has 0 saturated heterocycles. The Labute approximate surface area is 174 Å². The van der Waals surface area contributed by atoms with Crippen LogP contribution in [0.5, 0.6) is 0 Å². The highest BCUT2D eigenvalue weighted by Gasteiger charge is 2.32. The lowest BCUT2D eigenvalue weighted by atomic mass is 10.2. The third-order valence-electron chi connectivity index (χ3n) is 5.19. The van der Waals surface area contributed by atoms with E-state index in [1.165, 1.54) is 11.8 Å². The van der Waals surface area contributed by atoms with Gasteiger partial charge < -0.3 is 14.4 Å². The molecule has 0 spiro atoms. The van der Waals surface area contributed by atoms with Gasteiger partial charge in [-0.2, -0.15) is 5.26 Å². The van der Waals surface area contributed by atoms with Crippen molar-refractivity contribution in [3.8, 4) is 6.07 Å². The van der Waals surface area contributed by atoms with Gasteiger partial charge in [0.15, 0.2) is 10.9 Å². The Bertz CT molecular complexity index is 1010. The van der Waals surface area contributed by atoms with Crippen molar-refractivity contribution in [2.24, 2.45) is 0 Å². The number of carbonyl (C=O) groups excluding carboxylic acids is 1. The Balaban J connectivity index is 1.56. The molecule has 0 N–H and O–H groups in total. The van der Waals surface area contributed by atoms with E-state index >= 15 is 0 Å². The van der Waals surface area contributed by atoms with Gasteiger partial charge in [0.2, 0.25) is 0 Å². The van der Waals surface area contributed by atoms with Crippen molar-refractivity contribution >= 4 is 28.9 Å². The number of fused-ring (bicyclic) bond motifs is 1. The number of nitriles is 1. The first-order valence-corrected chi connectivity index (χ1v) is 10.5. The summed E-state index contributed by atoms with van der Waals surface area (Å²) in [5.41, 5.74) is 2.09. The Morgan fingerprint density at radius 3 is 2.48 bits per heavy atom. The maximum absolute atomic E-state index is 13.0. The molecule has 1 aromatic carbocycles. The van der Waals surface area contributed by atoms with Crippen LogP contribution in [0.25, 0.3) is 0 Å². The maximum Gasteiger partial charge on any atom is 0.191 e. The highest BCUT2D eigenvalue weighted by molar-refractivity contribution is 7.99. The van der Waals surface area contributed by atoms with E-state index in [-0.39, 0.29) is 17.1 Å². The molecule has 0 unspecified atom stereocenters. The van der Waals surface area contributed by atoms with Gasteiger partial charge in [0.25, 0.3) is 0 Å². The predicted octanol–water partition coefficient (Wildman–Crippen LogP) is 3.32. The largest absolute Gasteiger partial charge is 0.328 e. The van der Waals surface area contributed by atoms with Gasteiger partial charge in [-0.05, 0) is 25.0 Å². The number of thioether (sulfide) groups is 1. The maximum atomic E-state index is 13.0. The molecular weight excluding hydrogens is 384 g/mol. The Morgan fingerprint density at radius 2 is 1.93 bits per heavy atom. The Kier molecular flexibility index (Phi) is 5.16. The minimum absolute atomic E-state index is 0.129. The van der Waals surface area contributed by atoms with Gasteiger partial charge in [-0.25, -0.2) is 0 Å². The average Bonchev–Trinajstić information content (AvgIpc) is 3.45. The second-order valence-electron chi connectivity index (χ2n) is 7.14. The summed E-state index contributed by atoms with van der Waals surface area (Å²) in [5, 5.41) is 19.0. The number of para-hydroxylation sites is 2. The number of rotatable bonds is 7. The van der Waals surface area contributed by atoms with E-state index < -0.39 is 0 Å². The quantitative estimate of drug-likeness (QED) is 0.302. The van der Waals surface area contributed by atoms with Gasteiger partial charge in [-0.3, -0.25) is 4.79 Å². The van der Waals surface area contributed by atoms with Crippen molar-refractivity contribution < 1.29 is 4.79 Å². The van der Waals surface area contributed by atoms with E-state index in [0.717, 1.165) is 30.0 Å². The first kappa shape index (κ1) is 19.3. The zero-order chi connectivity index (χ0) is 20.5. The summed E-state index contributed by atoms with van der Waals surface area (Å²) in [6.45, 7) is 4.42. The van der Waals surface area contributed by atoms with Crippen molar-refractivity contribution in [1.29, 1.82) is 5.26 Å². The number of allylic oxidation sites excluding steroid dienone is 2. The molecule has 0 radical (unpaired) electrons. The van der Waals surface area contributed by atoms with Crippen molar-refractivity contribution in [3.63, 3.8) is 0 Å². The molecule has 8 heteroatoms. The fourth-order valence-electron chi connectivity index (χ4n) is 3.61. The number of anilines is 2. The number of aromatic nitrogens is 3. The van der Waals surface area contributed by atoms with Crippen molar-refractivity contribution in [1.82, 2.24) is 14.8 Å². The van der Waals surface area contributed by atoms with Crippen molar-refractivity contribution in [2.45, 2.75) is 30.5 Å². The molecule has 0 bridgehead atoms. The Hall–Kier alpha value is -3.05. The van der Waals surface area contributed by atoms with E-state index in [9.17, 15) is 10.1 Å². The summed E-state index contributed by atoms with van der Waals surface area (Å²) in [6.07, 6.45) is 4.06. The number of carbonyl (C=O) groups is 1. The van der Waals surface area contributed by atoms with Crippen LogP contribution < -0.4 is 9.80 Å². The fraction of sp³-hybridized carbons (Fsp3) is 0.333. The number of hydrogen-bond donors (Lipinski definition) is 0. The van der Waals surface area contributed by atoms with E-state index in [0.29, 0.717) is 23.4 Å². The smallest absolute Gasteiger partial charge is 0.191 e. The molecule has 1 aromatic heterocycles. The van der Waals surface area contributed by atoms with Gasteiger partial charge in [-0.1, -0.05) is 30.0 Å². The van der Waals surface area contributed by atoms with Crippen molar-refractivity contribution in [3.05, 3.63) is 54.1 Å². The summed E-state index contributed by atoms with van der Waals surface area (Å²) >= 11 is 1.32. The number of Topliss-reactive ketones (excluding diaryl/α,β-unsaturated/α-hetero) is 1. The topological polar surface area (TPSA) is 78.0 Å². The monoisotopic (exact) mass is 406 g/mol. The number of ketones is 1. The molecule has 2 heterocycles.